The van der Waals surface area contributed by atoms with Crippen LogP contribution in [0.2, 0.25) is 0 Å². The zero-order chi connectivity index (χ0) is 10.4. The summed E-state index contributed by atoms with van der Waals surface area (Å²) in [6.45, 7) is -0.289. The molecule has 1 aromatic carbocycles. The average molecular weight is 214 g/mol. The first kappa shape index (κ1) is 11.0. The highest BCUT2D eigenvalue weighted by Crippen LogP contribution is 2.21. The van der Waals surface area contributed by atoms with Crippen LogP contribution in [0.3, 0.4) is 0 Å². The van der Waals surface area contributed by atoms with Crippen molar-refractivity contribution in [3.05, 3.63) is 30.3 Å². The fourth-order valence-electron chi connectivity index (χ4n) is 0.879. The third-order valence-electron chi connectivity index (χ3n) is 1.53. The van der Waals surface area contributed by atoms with Crippen molar-refractivity contribution in [1.82, 2.24) is 0 Å². The smallest absolute Gasteiger partial charge is 0.313 e. The van der Waals surface area contributed by atoms with Crippen LogP contribution < -0.4 is 5.30 Å². The van der Waals surface area contributed by atoms with Gasteiger partial charge in [0.1, 0.15) is 0 Å². The molecule has 76 valence electrons. The first-order valence-corrected chi connectivity index (χ1v) is 5.46. The largest absolute Gasteiger partial charge is 0.410 e. The normalized spacial score (nSPS) is 12.1. The number of benzene rings is 1. The highest BCUT2D eigenvalue weighted by Gasteiger charge is 2.08. The Morgan fingerprint density at radius 3 is 2.57 bits per heavy atom. The number of aliphatic hydroxyl groups is 1. The van der Waals surface area contributed by atoms with Crippen LogP contribution in [0, 0.1) is 0 Å². The minimum absolute atomic E-state index is 0.122. The van der Waals surface area contributed by atoms with E-state index in [-0.39, 0.29) is 13.0 Å². The summed E-state index contributed by atoms with van der Waals surface area (Å²) in [5.41, 5.74) is 0. The third-order valence-corrected chi connectivity index (χ3v) is 2.75. The summed E-state index contributed by atoms with van der Waals surface area (Å²) >= 11 is 0. The second-order valence-corrected chi connectivity index (χ2v) is 3.96. The molecule has 0 heterocycles. The van der Waals surface area contributed by atoms with Crippen molar-refractivity contribution in [2.45, 2.75) is 6.42 Å². The Balaban J connectivity index is 2.55. The maximum absolute atomic E-state index is 11.4. The molecule has 1 N–H and O–H groups in total. The summed E-state index contributed by atoms with van der Waals surface area (Å²) in [4.78, 5) is 10.9. The van der Waals surface area contributed by atoms with Crippen LogP contribution in [0.5, 0.6) is 0 Å². The highest BCUT2D eigenvalue weighted by molar-refractivity contribution is 7.48. The topological polar surface area (TPSA) is 63.6 Å². The van der Waals surface area contributed by atoms with Gasteiger partial charge in [0.2, 0.25) is 0 Å². The Hall–Kier alpha value is -1.12. The van der Waals surface area contributed by atoms with E-state index in [4.69, 9.17) is 5.11 Å². The summed E-state index contributed by atoms with van der Waals surface area (Å²) < 4.78 is 16.0. The van der Waals surface area contributed by atoms with Crippen LogP contribution in [0.1, 0.15) is 6.42 Å². The van der Waals surface area contributed by atoms with Gasteiger partial charge in [-0.15, -0.1) is 0 Å². The van der Waals surface area contributed by atoms with E-state index in [1.807, 2.05) is 0 Å². The lowest BCUT2D eigenvalue weighted by atomic mass is 10.4. The Kier molecular flexibility index (Phi) is 4.36. The monoisotopic (exact) mass is 214 g/mol. The summed E-state index contributed by atoms with van der Waals surface area (Å²) in [6.07, 6.45) is -0.122. The molecule has 0 saturated heterocycles. The lowest BCUT2D eigenvalue weighted by molar-refractivity contribution is -0.134. The van der Waals surface area contributed by atoms with E-state index in [0.29, 0.717) is 5.30 Å². The zero-order valence-corrected chi connectivity index (χ0v) is 8.47. The van der Waals surface area contributed by atoms with Crippen LogP contribution >= 0.6 is 8.03 Å². The molecule has 0 aliphatic carbocycles. The van der Waals surface area contributed by atoms with Crippen molar-refractivity contribution in [3.8, 4) is 0 Å². The van der Waals surface area contributed by atoms with Gasteiger partial charge in [-0.3, -0.25) is 9.36 Å². The van der Waals surface area contributed by atoms with Gasteiger partial charge in [0.25, 0.3) is 8.03 Å². The van der Waals surface area contributed by atoms with Crippen LogP contribution in [0.4, 0.5) is 0 Å². The third kappa shape index (κ3) is 3.32. The molecule has 0 aromatic heterocycles. The molecule has 1 rings (SSSR count). The number of aliphatic hydroxyl groups excluding tert-OH is 1. The van der Waals surface area contributed by atoms with Crippen molar-refractivity contribution in [2.24, 2.45) is 0 Å². The SMILES string of the molecule is O=C(CCO)O[PH](=O)c1ccccc1. The van der Waals surface area contributed by atoms with E-state index in [1.54, 1.807) is 30.3 Å². The second-order valence-electron chi connectivity index (χ2n) is 2.60. The molecule has 0 spiro atoms. The molecule has 1 aromatic rings. The van der Waals surface area contributed by atoms with E-state index in [1.165, 1.54) is 0 Å². The standard InChI is InChI=1S/C9H11O4P/c10-7-6-9(11)13-14(12)8-4-2-1-3-5-8/h1-5,10,14H,6-7H2. The molecule has 0 aliphatic heterocycles. The number of hydrogen-bond donors (Lipinski definition) is 1. The van der Waals surface area contributed by atoms with E-state index < -0.39 is 14.0 Å². The van der Waals surface area contributed by atoms with Gasteiger partial charge in [0.05, 0.1) is 13.0 Å². The maximum atomic E-state index is 11.4. The highest BCUT2D eigenvalue weighted by atomic mass is 31.1. The molecule has 5 heteroatoms. The van der Waals surface area contributed by atoms with Gasteiger partial charge in [-0.2, -0.15) is 0 Å². The lowest BCUT2D eigenvalue weighted by Gasteiger charge is -2.02. The Morgan fingerprint density at radius 2 is 2.00 bits per heavy atom. The molecule has 0 saturated carbocycles. The van der Waals surface area contributed by atoms with Gasteiger partial charge in [-0.05, 0) is 12.1 Å². The van der Waals surface area contributed by atoms with Crippen LogP contribution in [0.15, 0.2) is 30.3 Å². The molecule has 0 bridgehead atoms. The zero-order valence-electron chi connectivity index (χ0n) is 7.47. The molecule has 0 aliphatic rings. The van der Waals surface area contributed by atoms with Crippen LogP contribution in [-0.2, 0) is 13.9 Å². The molecular weight excluding hydrogens is 203 g/mol. The predicted molar refractivity (Wildman–Crippen MR) is 52.9 cm³/mol. The van der Waals surface area contributed by atoms with E-state index in [0.717, 1.165) is 0 Å². The number of hydrogen-bond acceptors (Lipinski definition) is 4. The Bertz CT molecular complexity index is 323. The van der Waals surface area contributed by atoms with Crippen molar-refractivity contribution in [3.63, 3.8) is 0 Å². The van der Waals surface area contributed by atoms with Gasteiger partial charge < -0.3 is 9.63 Å². The predicted octanol–water partition coefficient (Wildman–Crippen LogP) is 0.712. The number of carbonyl (C=O) groups is 1. The number of carbonyl (C=O) groups excluding carboxylic acids is 1. The van der Waals surface area contributed by atoms with Gasteiger partial charge in [0.15, 0.2) is 0 Å². The first-order chi connectivity index (χ1) is 6.74. The Morgan fingerprint density at radius 1 is 1.36 bits per heavy atom. The summed E-state index contributed by atoms with van der Waals surface area (Å²) in [7, 11) is -2.50. The van der Waals surface area contributed by atoms with Gasteiger partial charge >= 0.3 is 5.97 Å². The van der Waals surface area contributed by atoms with Crippen molar-refractivity contribution in [2.75, 3.05) is 6.61 Å². The van der Waals surface area contributed by atoms with E-state index >= 15 is 0 Å². The maximum Gasteiger partial charge on any atom is 0.313 e. The Labute approximate surface area is 82.4 Å². The molecule has 0 amide bonds. The van der Waals surface area contributed by atoms with Gasteiger partial charge in [-0.1, -0.05) is 18.2 Å². The molecular formula is C9H11O4P. The van der Waals surface area contributed by atoms with E-state index in [9.17, 15) is 9.36 Å². The second kappa shape index (κ2) is 5.58. The average Bonchev–Trinajstić information content (AvgIpc) is 2.19. The van der Waals surface area contributed by atoms with Crippen molar-refractivity contribution in [1.29, 1.82) is 0 Å². The molecule has 0 fully saturated rings. The summed E-state index contributed by atoms with van der Waals surface area (Å²) in [5.74, 6) is -0.639. The lowest BCUT2D eigenvalue weighted by Crippen LogP contribution is -2.05. The van der Waals surface area contributed by atoms with Gasteiger partial charge in [0, 0.05) is 5.30 Å². The molecule has 14 heavy (non-hydrogen) atoms. The quantitative estimate of drug-likeness (QED) is 0.750. The molecule has 0 radical (unpaired) electrons. The molecule has 1 unspecified atom stereocenters. The number of rotatable bonds is 4. The van der Waals surface area contributed by atoms with E-state index in [2.05, 4.69) is 4.52 Å². The molecule has 4 nitrogen and oxygen atoms in total. The minimum atomic E-state index is -2.50. The fourth-order valence-corrected chi connectivity index (χ4v) is 1.77. The first-order valence-electron chi connectivity index (χ1n) is 4.15. The van der Waals surface area contributed by atoms with Gasteiger partial charge in [-0.25, -0.2) is 0 Å². The van der Waals surface area contributed by atoms with Crippen LogP contribution in [0.25, 0.3) is 0 Å². The minimum Gasteiger partial charge on any atom is -0.410 e. The van der Waals surface area contributed by atoms with Crippen LogP contribution in [-0.4, -0.2) is 17.7 Å². The summed E-state index contributed by atoms with van der Waals surface area (Å²) in [6, 6.07) is 8.49. The summed E-state index contributed by atoms with van der Waals surface area (Å²) in [5, 5.41) is 8.93. The molecule has 1 atom stereocenters. The fraction of sp³-hybridized carbons (Fsp3) is 0.222. The van der Waals surface area contributed by atoms with Crippen molar-refractivity contribution < 1.29 is 19.0 Å². The van der Waals surface area contributed by atoms with Crippen molar-refractivity contribution >= 4 is 19.3 Å².